The van der Waals surface area contributed by atoms with E-state index in [2.05, 4.69) is 13.8 Å². The molecule has 0 saturated carbocycles. The second kappa shape index (κ2) is 6.75. The molecule has 1 heterocycles. The summed E-state index contributed by atoms with van der Waals surface area (Å²) in [6, 6.07) is 0. The SMILES string of the molecule is CCCC(C)(CCl)CCCC1CCCO1. The van der Waals surface area contributed by atoms with Gasteiger partial charge in [0.2, 0.25) is 0 Å². The molecular weight excluding hydrogens is 208 g/mol. The van der Waals surface area contributed by atoms with Crippen LogP contribution in [0.15, 0.2) is 0 Å². The van der Waals surface area contributed by atoms with Crippen LogP contribution in [0.2, 0.25) is 0 Å². The predicted molar refractivity (Wildman–Crippen MR) is 66.6 cm³/mol. The van der Waals surface area contributed by atoms with Crippen molar-refractivity contribution < 1.29 is 4.74 Å². The van der Waals surface area contributed by atoms with E-state index in [0.29, 0.717) is 11.5 Å². The molecule has 1 saturated heterocycles. The fourth-order valence-electron chi connectivity index (χ4n) is 2.49. The summed E-state index contributed by atoms with van der Waals surface area (Å²) in [4.78, 5) is 0. The molecule has 0 amide bonds. The maximum absolute atomic E-state index is 6.05. The zero-order valence-electron chi connectivity index (χ0n) is 10.2. The van der Waals surface area contributed by atoms with Gasteiger partial charge in [0, 0.05) is 12.5 Å². The molecule has 1 nitrogen and oxygen atoms in total. The quantitative estimate of drug-likeness (QED) is 0.592. The summed E-state index contributed by atoms with van der Waals surface area (Å²) in [5, 5.41) is 0. The van der Waals surface area contributed by atoms with Crippen LogP contribution in [-0.2, 0) is 4.74 Å². The number of halogens is 1. The average Bonchev–Trinajstić information content (AvgIpc) is 2.71. The summed E-state index contributed by atoms with van der Waals surface area (Å²) < 4.78 is 5.63. The summed E-state index contributed by atoms with van der Waals surface area (Å²) >= 11 is 6.05. The maximum atomic E-state index is 6.05. The highest BCUT2D eigenvalue weighted by molar-refractivity contribution is 6.18. The van der Waals surface area contributed by atoms with E-state index in [4.69, 9.17) is 16.3 Å². The standard InChI is InChI=1S/C13H25ClO/c1-3-8-13(2,11-14)9-4-6-12-7-5-10-15-12/h12H,3-11H2,1-2H3. The third-order valence-electron chi connectivity index (χ3n) is 3.51. The van der Waals surface area contributed by atoms with Gasteiger partial charge in [0.1, 0.15) is 0 Å². The minimum atomic E-state index is 0.356. The summed E-state index contributed by atoms with van der Waals surface area (Å²) in [5.41, 5.74) is 0.356. The van der Waals surface area contributed by atoms with Crippen molar-refractivity contribution in [3.05, 3.63) is 0 Å². The van der Waals surface area contributed by atoms with Crippen molar-refractivity contribution in [3.63, 3.8) is 0 Å². The molecule has 0 aliphatic carbocycles. The van der Waals surface area contributed by atoms with E-state index in [1.54, 1.807) is 0 Å². The molecule has 90 valence electrons. The predicted octanol–water partition coefficient (Wildman–Crippen LogP) is 4.38. The van der Waals surface area contributed by atoms with Gasteiger partial charge >= 0.3 is 0 Å². The van der Waals surface area contributed by atoms with E-state index in [1.165, 1.54) is 44.9 Å². The molecule has 15 heavy (non-hydrogen) atoms. The van der Waals surface area contributed by atoms with Crippen LogP contribution in [0.1, 0.15) is 58.8 Å². The third-order valence-corrected chi connectivity index (χ3v) is 4.15. The van der Waals surface area contributed by atoms with Crippen molar-refractivity contribution >= 4 is 11.6 Å². The fraction of sp³-hybridized carbons (Fsp3) is 1.00. The third kappa shape index (κ3) is 4.74. The Labute approximate surface area is 99.5 Å². The Kier molecular flexibility index (Phi) is 5.99. The Morgan fingerprint density at radius 2 is 2.20 bits per heavy atom. The molecule has 0 aromatic rings. The lowest BCUT2D eigenvalue weighted by molar-refractivity contribution is 0.0984. The Balaban J connectivity index is 2.15. The number of hydrogen-bond donors (Lipinski definition) is 0. The van der Waals surface area contributed by atoms with Crippen LogP contribution in [-0.4, -0.2) is 18.6 Å². The average molecular weight is 233 g/mol. The van der Waals surface area contributed by atoms with Gasteiger partial charge in [-0.15, -0.1) is 11.6 Å². The van der Waals surface area contributed by atoms with E-state index in [9.17, 15) is 0 Å². The van der Waals surface area contributed by atoms with Crippen molar-refractivity contribution in [2.45, 2.75) is 64.9 Å². The van der Waals surface area contributed by atoms with Crippen molar-refractivity contribution in [2.24, 2.45) is 5.41 Å². The van der Waals surface area contributed by atoms with Crippen molar-refractivity contribution in [2.75, 3.05) is 12.5 Å². The highest BCUT2D eigenvalue weighted by Gasteiger charge is 2.23. The van der Waals surface area contributed by atoms with Gasteiger partial charge < -0.3 is 4.74 Å². The van der Waals surface area contributed by atoms with Gasteiger partial charge in [0.25, 0.3) is 0 Å². The molecule has 0 bridgehead atoms. The van der Waals surface area contributed by atoms with Gasteiger partial charge in [0.15, 0.2) is 0 Å². The minimum Gasteiger partial charge on any atom is -0.378 e. The van der Waals surface area contributed by atoms with Crippen LogP contribution >= 0.6 is 11.6 Å². The van der Waals surface area contributed by atoms with E-state index in [-0.39, 0.29) is 0 Å². The highest BCUT2D eigenvalue weighted by Crippen LogP contribution is 2.32. The molecule has 2 atom stereocenters. The lowest BCUT2D eigenvalue weighted by atomic mass is 9.82. The first kappa shape index (κ1) is 13.3. The summed E-state index contributed by atoms with van der Waals surface area (Å²) in [6.07, 6.45) is 9.32. The summed E-state index contributed by atoms with van der Waals surface area (Å²) in [5.74, 6) is 0.798. The number of hydrogen-bond acceptors (Lipinski definition) is 1. The fourth-order valence-corrected chi connectivity index (χ4v) is 2.76. The zero-order chi connectivity index (χ0) is 11.1. The molecule has 2 heteroatoms. The van der Waals surface area contributed by atoms with Gasteiger partial charge in [-0.2, -0.15) is 0 Å². The molecule has 1 aliphatic heterocycles. The van der Waals surface area contributed by atoms with Crippen molar-refractivity contribution in [3.8, 4) is 0 Å². The maximum Gasteiger partial charge on any atom is 0.0576 e. The van der Waals surface area contributed by atoms with Crippen LogP contribution in [0.4, 0.5) is 0 Å². The van der Waals surface area contributed by atoms with E-state index in [0.717, 1.165) is 12.5 Å². The van der Waals surface area contributed by atoms with Crippen LogP contribution in [0.3, 0.4) is 0 Å². The van der Waals surface area contributed by atoms with Gasteiger partial charge in [-0.25, -0.2) is 0 Å². The molecule has 0 radical (unpaired) electrons. The molecule has 0 spiro atoms. The van der Waals surface area contributed by atoms with Crippen LogP contribution in [0.25, 0.3) is 0 Å². The molecule has 1 aliphatic rings. The van der Waals surface area contributed by atoms with Gasteiger partial charge in [-0.1, -0.05) is 26.7 Å². The first-order chi connectivity index (χ1) is 7.20. The second-order valence-corrected chi connectivity index (χ2v) is 5.49. The van der Waals surface area contributed by atoms with E-state index in [1.807, 2.05) is 0 Å². The Morgan fingerprint density at radius 3 is 2.73 bits per heavy atom. The molecule has 2 unspecified atom stereocenters. The normalized spacial score (nSPS) is 25.4. The number of rotatable bonds is 7. The number of ether oxygens (including phenoxy) is 1. The topological polar surface area (TPSA) is 9.23 Å². The van der Waals surface area contributed by atoms with E-state index >= 15 is 0 Å². The van der Waals surface area contributed by atoms with Crippen LogP contribution in [0, 0.1) is 5.41 Å². The Hall–Kier alpha value is 0.250. The molecule has 0 aromatic carbocycles. The van der Waals surface area contributed by atoms with Crippen molar-refractivity contribution in [1.29, 1.82) is 0 Å². The first-order valence-electron chi connectivity index (χ1n) is 6.38. The van der Waals surface area contributed by atoms with E-state index < -0.39 is 0 Å². The zero-order valence-corrected chi connectivity index (χ0v) is 11.0. The Bertz CT molecular complexity index is 166. The van der Waals surface area contributed by atoms with Crippen LogP contribution in [0.5, 0.6) is 0 Å². The molecule has 1 fully saturated rings. The monoisotopic (exact) mass is 232 g/mol. The summed E-state index contributed by atoms with van der Waals surface area (Å²) in [7, 11) is 0. The molecule has 0 aromatic heterocycles. The second-order valence-electron chi connectivity index (χ2n) is 5.22. The largest absolute Gasteiger partial charge is 0.378 e. The highest BCUT2D eigenvalue weighted by atomic mass is 35.5. The minimum absolute atomic E-state index is 0.356. The van der Waals surface area contributed by atoms with Gasteiger partial charge in [0.05, 0.1) is 6.10 Å². The summed E-state index contributed by atoms with van der Waals surface area (Å²) in [6.45, 7) is 5.54. The van der Waals surface area contributed by atoms with Gasteiger partial charge in [-0.3, -0.25) is 0 Å². The Morgan fingerprint density at radius 1 is 1.40 bits per heavy atom. The molecule has 0 N–H and O–H groups in total. The van der Waals surface area contributed by atoms with Gasteiger partial charge in [-0.05, 0) is 37.5 Å². The smallest absolute Gasteiger partial charge is 0.0576 e. The molecule has 1 rings (SSSR count). The molecular formula is C13H25ClO. The lowest BCUT2D eigenvalue weighted by Gasteiger charge is -2.27. The van der Waals surface area contributed by atoms with Crippen LogP contribution < -0.4 is 0 Å². The lowest BCUT2D eigenvalue weighted by Crippen LogP contribution is -2.19. The number of alkyl halides is 1. The van der Waals surface area contributed by atoms with Crippen molar-refractivity contribution in [1.82, 2.24) is 0 Å². The first-order valence-corrected chi connectivity index (χ1v) is 6.91.